The van der Waals surface area contributed by atoms with Crippen LogP contribution in [0.1, 0.15) is 16.1 Å². The van der Waals surface area contributed by atoms with Crippen LogP contribution in [0.2, 0.25) is 5.02 Å². The molecular formula is C12H12ClN5O. The fourth-order valence-corrected chi connectivity index (χ4v) is 1.69. The van der Waals surface area contributed by atoms with Crippen LogP contribution in [0.3, 0.4) is 0 Å². The summed E-state index contributed by atoms with van der Waals surface area (Å²) in [5.74, 6) is 5.07. The van der Waals surface area contributed by atoms with Gasteiger partial charge in [-0.15, -0.1) is 0 Å². The number of nitrogens with one attached hydrogen (secondary N) is 2. The molecule has 0 bridgehead atoms. The lowest BCUT2D eigenvalue weighted by molar-refractivity contribution is 0.0951. The quantitative estimate of drug-likeness (QED) is 0.579. The summed E-state index contributed by atoms with van der Waals surface area (Å²) in [6, 6.07) is 6.56. The van der Waals surface area contributed by atoms with E-state index >= 15 is 0 Å². The van der Waals surface area contributed by atoms with E-state index in [9.17, 15) is 4.79 Å². The Morgan fingerprint density at radius 3 is 2.89 bits per heavy atom. The van der Waals surface area contributed by atoms with Crippen LogP contribution in [-0.2, 0) is 6.54 Å². The smallest absolute Gasteiger partial charge is 0.253 e. The van der Waals surface area contributed by atoms with Crippen molar-refractivity contribution in [1.29, 1.82) is 0 Å². The predicted molar refractivity (Wildman–Crippen MR) is 72.5 cm³/mol. The molecule has 0 aliphatic heterocycles. The Hall–Kier alpha value is -2.18. The number of aromatic nitrogens is 2. The van der Waals surface area contributed by atoms with Crippen LogP contribution < -0.4 is 16.6 Å². The van der Waals surface area contributed by atoms with Crippen LogP contribution in [0, 0.1) is 0 Å². The molecular weight excluding hydrogens is 266 g/mol. The van der Waals surface area contributed by atoms with Crippen molar-refractivity contribution in [1.82, 2.24) is 15.3 Å². The molecule has 0 unspecified atom stereocenters. The first-order chi connectivity index (χ1) is 9.20. The first-order valence-corrected chi connectivity index (χ1v) is 5.88. The van der Waals surface area contributed by atoms with E-state index in [1.165, 1.54) is 6.33 Å². The van der Waals surface area contributed by atoms with Crippen LogP contribution in [0.25, 0.3) is 0 Å². The molecule has 6 nitrogen and oxygen atoms in total. The normalized spacial score (nSPS) is 10.0. The molecule has 1 heterocycles. The number of benzene rings is 1. The second-order valence-electron chi connectivity index (χ2n) is 3.72. The lowest BCUT2D eigenvalue weighted by Gasteiger charge is -2.09. The summed E-state index contributed by atoms with van der Waals surface area (Å²) in [7, 11) is 0. The second-order valence-corrected chi connectivity index (χ2v) is 4.15. The minimum atomic E-state index is -0.283. The van der Waals surface area contributed by atoms with E-state index in [-0.39, 0.29) is 5.91 Å². The third-order valence-electron chi connectivity index (χ3n) is 2.46. The van der Waals surface area contributed by atoms with E-state index in [1.54, 1.807) is 30.5 Å². The molecule has 0 aliphatic rings. The highest BCUT2D eigenvalue weighted by Crippen LogP contribution is 2.19. The van der Waals surface area contributed by atoms with E-state index in [0.29, 0.717) is 28.5 Å². The zero-order valence-electron chi connectivity index (χ0n) is 9.93. The standard InChI is InChI=1S/C12H12ClN5O/c13-8-1-2-11(18-14)10(5-8)12(19)16-6-9-3-4-15-7-17-9/h1-5,7,18H,6,14H2,(H,16,19). The molecule has 1 aromatic heterocycles. The molecule has 0 atom stereocenters. The fourth-order valence-electron chi connectivity index (χ4n) is 1.52. The molecule has 4 N–H and O–H groups in total. The van der Waals surface area contributed by atoms with Crippen LogP contribution in [0.5, 0.6) is 0 Å². The van der Waals surface area contributed by atoms with Gasteiger partial charge in [0.1, 0.15) is 6.33 Å². The number of hydrazine groups is 1. The highest BCUT2D eigenvalue weighted by Gasteiger charge is 2.11. The van der Waals surface area contributed by atoms with Gasteiger partial charge < -0.3 is 10.7 Å². The molecule has 19 heavy (non-hydrogen) atoms. The Balaban J connectivity index is 2.10. The number of rotatable bonds is 4. The third kappa shape index (κ3) is 3.40. The summed E-state index contributed by atoms with van der Waals surface area (Å²) in [5.41, 5.74) is 4.06. The van der Waals surface area contributed by atoms with Crippen molar-refractivity contribution in [2.45, 2.75) is 6.54 Å². The highest BCUT2D eigenvalue weighted by atomic mass is 35.5. The van der Waals surface area contributed by atoms with Crippen molar-refractivity contribution in [3.8, 4) is 0 Å². The van der Waals surface area contributed by atoms with Crippen molar-refractivity contribution in [3.05, 3.63) is 53.1 Å². The molecule has 2 rings (SSSR count). The Morgan fingerprint density at radius 1 is 1.37 bits per heavy atom. The molecule has 0 saturated heterocycles. The lowest BCUT2D eigenvalue weighted by Crippen LogP contribution is -2.25. The summed E-state index contributed by atoms with van der Waals surface area (Å²) >= 11 is 5.87. The molecule has 0 saturated carbocycles. The first-order valence-electron chi connectivity index (χ1n) is 5.50. The number of hydrogen-bond donors (Lipinski definition) is 3. The summed E-state index contributed by atoms with van der Waals surface area (Å²) in [6.07, 6.45) is 3.04. The van der Waals surface area contributed by atoms with Gasteiger partial charge in [0.05, 0.1) is 23.5 Å². The van der Waals surface area contributed by atoms with Gasteiger partial charge in [-0.1, -0.05) is 11.6 Å². The van der Waals surface area contributed by atoms with E-state index in [4.69, 9.17) is 17.4 Å². The van der Waals surface area contributed by atoms with Gasteiger partial charge >= 0.3 is 0 Å². The first kappa shape index (κ1) is 13.3. The van der Waals surface area contributed by atoms with Crippen LogP contribution in [-0.4, -0.2) is 15.9 Å². The number of hydrogen-bond acceptors (Lipinski definition) is 5. The lowest BCUT2D eigenvalue weighted by atomic mass is 10.1. The van der Waals surface area contributed by atoms with Crippen molar-refractivity contribution in [3.63, 3.8) is 0 Å². The molecule has 1 amide bonds. The topological polar surface area (TPSA) is 92.9 Å². The number of carbonyl (C=O) groups is 1. The number of halogens is 1. The van der Waals surface area contributed by atoms with Gasteiger partial charge in [-0.05, 0) is 24.3 Å². The van der Waals surface area contributed by atoms with E-state index < -0.39 is 0 Å². The molecule has 0 spiro atoms. The zero-order valence-corrected chi connectivity index (χ0v) is 10.7. The second kappa shape index (κ2) is 6.12. The molecule has 7 heteroatoms. The monoisotopic (exact) mass is 277 g/mol. The summed E-state index contributed by atoms with van der Waals surface area (Å²) < 4.78 is 0. The van der Waals surface area contributed by atoms with Gasteiger partial charge in [0.15, 0.2) is 0 Å². The van der Waals surface area contributed by atoms with E-state index in [2.05, 4.69) is 20.7 Å². The molecule has 1 aromatic carbocycles. The number of amides is 1. The number of anilines is 1. The maximum absolute atomic E-state index is 12.0. The Morgan fingerprint density at radius 2 is 2.21 bits per heavy atom. The molecule has 0 fully saturated rings. The van der Waals surface area contributed by atoms with Gasteiger partial charge in [-0.25, -0.2) is 9.97 Å². The van der Waals surface area contributed by atoms with Crippen LogP contribution in [0.4, 0.5) is 5.69 Å². The largest absolute Gasteiger partial charge is 0.346 e. The average molecular weight is 278 g/mol. The molecule has 98 valence electrons. The maximum Gasteiger partial charge on any atom is 0.253 e. The molecule has 0 radical (unpaired) electrons. The van der Waals surface area contributed by atoms with Crippen molar-refractivity contribution in [2.75, 3.05) is 5.43 Å². The zero-order chi connectivity index (χ0) is 13.7. The highest BCUT2D eigenvalue weighted by molar-refractivity contribution is 6.31. The summed E-state index contributed by atoms with van der Waals surface area (Å²) in [4.78, 5) is 19.9. The Kier molecular flexibility index (Phi) is 4.27. The van der Waals surface area contributed by atoms with E-state index in [1.807, 2.05) is 0 Å². The predicted octanol–water partition coefficient (Wildman–Crippen LogP) is 1.35. The van der Waals surface area contributed by atoms with Crippen molar-refractivity contribution < 1.29 is 4.79 Å². The summed E-state index contributed by atoms with van der Waals surface area (Å²) in [5, 5.41) is 3.20. The average Bonchev–Trinajstić information content (AvgIpc) is 2.46. The number of nitrogens with zero attached hydrogens (tertiary/aromatic N) is 2. The third-order valence-corrected chi connectivity index (χ3v) is 2.69. The Labute approximate surface area is 115 Å². The number of carbonyl (C=O) groups excluding carboxylic acids is 1. The SMILES string of the molecule is NNc1ccc(Cl)cc1C(=O)NCc1ccncn1. The van der Waals surface area contributed by atoms with Crippen molar-refractivity contribution >= 4 is 23.2 Å². The minimum absolute atomic E-state index is 0.283. The molecule has 2 aromatic rings. The van der Waals surface area contributed by atoms with Gasteiger partial charge in [-0.2, -0.15) is 0 Å². The van der Waals surface area contributed by atoms with Crippen molar-refractivity contribution in [2.24, 2.45) is 5.84 Å². The fraction of sp³-hybridized carbons (Fsp3) is 0.0833. The summed E-state index contributed by atoms with van der Waals surface area (Å²) in [6.45, 7) is 0.303. The Bertz CT molecular complexity index is 576. The van der Waals surface area contributed by atoms with Gasteiger partial charge in [-0.3, -0.25) is 10.6 Å². The van der Waals surface area contributed by atoms with Gasteiger partial charge in [0.2, 0.25) is 0 Å². The van der Waals surface area contributed by atoms with E-state index in [0.717, 1.165) is 0 Å². The maximum atomic E-state index is 12.0. The number of nitrogen functional groups attached to an aromatic ring is 1. The molecule has 0 aliphatic carbocycles. The van der Waals surface area contributed by atoms with Crippen LogP contribution in [0.15, 0.2) is 36.8 Å². The van der Waals surface area contributed by atoms with Gasteiger partial charge in [0.25, 0.3) is 5.91 Å². The van der Waals surface area contributed by atoms with Gasteiger partial charge in [0, 0.05) is 11.2 Å². The van der Waals surface area contributed by atoms with Crippen LogP contribution >= 0.6 is 11.6 Å². The number of nitrogens with two attached hydrogens (primary N) is 1. The minimum Gasteiger partial charge on any atom is -0.346 e.